The van der Waals surface area contributed by atoms with E-state index in [9.17, 15) is 18.0 Å². The fourth-order valence-corrected chi connectivity index (χ4v) is 1.53. The molecule has 0 aliphatic carbocycles. The van der Waals surface area contributed by atoms with E-state index in [1.807, 2.05) is 0 Å². The van der Waals surface area contributed by atoms with Crippen molar-refractivity contribution >= 4 is 28.9 Å². The van der Waals surface area contributed by atoms with Gasteiger partial charge in [-0.15, -0.1) is 0 Å². The van der Waals surface area contributed by atoms with Crippen LogP contribution < -0.4 is 0 Å². The monoisotopic (exact) mass is 300 g/mol. The van der Waals surface area contributed by atoms with Crippen LogP contribution in [-0.2, 0) is 6.18 Å². The Bertz CT molecular complexity index is 333. The van der Waals surface area contributed by atoms with Crippen molar-refractivity contribution in [1.82, 2.24) is 0 Å². The van der Waals surface area contributed by atoms with Gasteiger partial charge >= 0.3 is 6.18 Å². The Balaban J connectivity index is 3.37. The lowest BCUT2D eigenvalue weighted by atomic mass is 10.1. The zero-order valence-electron chi connectivity index (χ0n) is 6.23. The minimum Gasteiger partial charge on any atom is -0.298 e. The van der Waals surface area contributed by atoms with Crippen LogP contribution >= 0.6 is 22.6 Å². The van der Waals surface area contributed by atoms with Gasteiger partial charge < -0.3 is 0 Å². The second-order valence-electron chi connectivity index (χ2n) is 2.32. The van der Waals surface area contributed by atoms with Gasteiger partial charge in [-0.05, 0) is 34.7 Å². The third kappa shape index (κ3) is 2.20. The molecule has 5 heteroatoms. The minimum absolute atomic E-state index is 0.227. The van der Waals surface area contributed by atoms with Gasteiger partial charge in [0.25, 0.3) is 0 Å². The zero-order chi connectivity index (χ0) is 10.1. The van der Waals surface area contributed by atoms with Gasteiger partial charge in [-0.1, -0.05) is 6.07 Å². The SMILES string of the molecule is O=Cc1c(I)cccc1C(F)(F)F. The number of aldehydes is 1. The summed E-state index contributed by atoms with van der Waals surface area (Å²) in [7, 11) is 0. The van der Waals surface area contributed by atoms with Gasteiger partial charge in [0.2, 0.25) is 0 Å². The molecule has 0 amide bonds. The first-order valence-electron chi connectivity index (χ1n) is 3.27. The maximum absolute atomic E-state index is 12.3. The molecule has 0 bridgehead atoms. The lowest BCUT2D eigenvalue weighted by Gasteiger charge is -2.09. The van der Waals surface area contributed by atoms with Crippen LogP contribution in [-0.4, -0.2) is 6.29 Å². The van der Waals surface area contributed by atoms with Crippen molar-refractivity contribution in [1.29, 1.82) is 0 Å². The predicted octanol–water partition coefficient (Wildman–Crippen LogP) is 3.12. The number of halogens is 4. The van der Waals surface area contributed by atoms with Crippen LogP contribution in [0.2, 0.25) is 0 Å². The first-order chi connectivity index (χ1) is 5.96. The molecule has 13 heavy (non-hydrogen) atoms. The molecule has 0 fully saturated rings. The average Bonchev–Trinajstić information content (AvgIpc) is 2.02. The maximum atomic E-state index is 12.3. The van der Waals surface area contributed by atoms with Gasteiger partial charge in [-0.25, -0.2) is 0 Å². The van der Waals surface area contributed by atoms with E-state index in [2.05, 4.69) is 0 Å². The molecule has 1 nitrogen and oxygen atoms in total. The highest BCUT2D eigenvalue weighted by Crippen LogP contribution is 2.32. The summed E-state index contributed by atoms with van der Waals surface area (Å²) in [5.41, 5.74) is -1.18. The summed E-state index contributed by atoms with van der Waals surface area (Å²) in [5, 5.41) is 0. The Morgan fingerprint density at radius 1 is 1.31 bits per heavy atom. The normalized spacial score (nSPS) is 11.4. The summed E-state index contributed by atoms with van der Waals surface area (Å²) in [4.78, 5) is 10.4. The van der Waals surface area contributed by atoms with Gasteiger partial charge in [-0.2, -0.15) is 13.2 Å². The Morgan fingerprint density at radius 3 is 2.31 bits per heavy atom. The van der Waals surface area contributed by atoms with Crippen LogP contribution in [0.5, 0.6) is 0 Å². The molecule has 0 heterocycles. The molecule has 1 rings (SSSR count). The molecule has 0 saturated carbocycles. The lowest BCUT2D eigenvalue weighted by Crippen LogP contribution is -2.09. The van der Waals surface area contributed by atoms with Crippen molar-refractivity contribution in [2.24, 2.45) is 0 Å². The van der Waals surface area contributed by atoms with Crippen molar-refractivity contribution < 1.29 is 18.0 Å². The summed E-state index contributed by atoms with van der Waals surface area (Å²) < 4.78 is 37.1. The van der Waals surface area contributed by atoms with Crippen LogP contribution in [0.3, 0.4) is 0 Å². The Hall–Kier alpha value is -0.590. The van der Waals surface area contributed by atoms with Gasteiger partial charge in [0, 0.05) is 9.13 Å². The molecule has 0 aliphatic heterocycles. The average molecular weight is 300 g/mol. The number of carbonyl (C=O) groups excluding carboxylic acids is 1. The standard InChI is InChI=1S/C8H4F3IO/c9-8(10,11)6-2-1-3-7(12)5(6)4-13/h1-4H. The molecule has 0 saturated heterocycles. The van der Waals surface area contributed by atoms with Crippen molar-refractivity contribution in [3.8, 4) is 0 Å². The van der Waals surface area contributed by atoms with Crippen LogP contribution in [0, 0.1) is 3.57 Å². The quantitative estimate of drug-likeness (QED) is 0.575. The first-order valence-corrected chi connectivity index (χ1v) is 4.35. The van der Waals surface area contributed by atoms with Gasteiger partial charge in [0.1, 0.15) is 0 Å². The Labute approximate surface area is 86.1 Å². The van der Waals surface area contributed by atoms with Crippen molar-refractivity contribution in [2.75, 3.05) is 0 Å². The number of rotatable bonds is 1. The number of carbonyl (C=O) groups is 1. The lowest BCUT2D eigenvalue weighted by molar-refractivity contribution is -0.137. The molecule has 0 N–H and O–H groups in total. The van der Waals surface area contributed by atoms with E-state index in [-0.39, 0.29) is 11.8 Å². The largest absolute Gasteiger partial charge is 0.417 e. The molecule has 0 unspecified atom stereocenters. The molecule has 0 radical (unpaired) electrons. The summed E-state index contributed by atoms with van der Waals surface area (Å²) in [6.07, 6.45) is -4.23. The highest BCUT2D eigenvalue weighted by atomic mass is 127. The van der Waals surface area contributed by atoms with Gasteiger partial charge in [0.15, 0.2) is 6.29 Å². The highest BCUT2D eigenvalue weighted by Gasteiger charge is 2.33. The third-order valence-corrected chi connectivity index (χ3v) is 2.42. The summed E-state index contributed by atoms with van der Waals surface area (Å²) in [6.45, 7) is 0. The molecule has 0 aliphatic rings. The second kappa shape index (κ2) is 3.65. The van der Waals surface area contributed by atoms with E-state index in [1.54, 1.807) is 22.6 Å². The summed E-state index contributed by atoms with van der Waals surface area (Å²) in [5.74, 6) is 0. The van der Waals surface area contributed by atoms with E-state index in [0.29, 0.717) is 3.57 Å². The molecular weight excluding hydrogens is 296 g/mol. The maximum Gasteiger partial charge on any atom is 0.417 e. The predicted molar refractivity (Wildman–Crippen MR) is 49.5 cm³/mol. The van der Waals surface area contributed by atoms with Crippen molar-refractivity contribution in [3.05, 3.63) is 32.9 Å². The van der Waals surface area contributed by atoms with E-state index >= 15 is 0 Å². The number of benzene rings is 1. The van der Waals surface area contributed by atoms with E-state index in [4.69, 9.17) is 0 Å². The molecular formula is C8H4F3IO. The molecule has 0 spiro atoms. The molecule has 1 aromatic rings. The smallest absolute Gasteiger partial charge is 0.298 e. The summed E-state index contributed by atoms with van der Waals surface area (Å²) >= 11 is 1.69. The van der Waals surface area contributed by atoms with Crippen LogP contribution in [0.1, 0.15) is 15.9 Å². The first kappa shape index (κ1) is 10.5. The van der Waals surface area contributed by atoms with Crippen molar-refractivity contribution in [2.45, 2.75) is 6.18 Å². The second-order valence-corrected chi connectivity index (χ2v) is 3.48. The topological polar surface area (TPSA) is 17.1 Å². The fraction of sp³-hybridized carbons (Fsp3) is 0.125. The molecule has 0 atom stereocenters. The van der Waals surface area contributed by atoms with Crippen molar-refractivity contribution in [3.63, 3.8) is 0 Å². The number of hydrogen-bond acceptors (Lipinski definition) is 1. The molecule has 1 aromatic carbocycles. The van der Waals surface area contributed by atoms with E-state index in [0.717, 1.165) is 6.07 Å². The molecule has 70 valence electrons. The highest BCUT2D eigenvalue weighted by molar-refractivity contribution is 14.1. The van der Waals surface area contributed by atoms with E-state index < -0.39 is 11.7 Å². The third-order valence-electron chi connectivity index (χ3n) is 1.48. The molecule has 0 aromatic heterocycles. The van der Waals surface area contributed by atoms with Gasteiger partial charge in [-0.3, -0.25) is 4.79 Å². The van der Waals surface area contributed by atoms with E-state index in [1.165, 1.54) is 12.1 Å². The summed E-state index contributed by atoms with van der Waals surface area (Å²) in [6, 6.07) is 3.63. The van der Waals surface area contributed by atoms with Gasteiger partial charge in [0.05, 0.1) is 5.56 Å². The number of hydrogen-bond donors (Lipinski definition) is 0. The van der Waals surface area contributed by atoms with Crippen LogP contribution in [0.15, 0.2) is 18.2 Å². The Morgan fingerprint density at radius 2 is 1.92 bits per heavy atom. The minimum atomic E-state index is -4.46. The Kier molecular flexibility index (Phi) is 2.94. The zero-order valence-corrected chi connectivity index (χ0v) is 8.39. The van der Waals surface area contributed by atoms with Crippen LogP contribution in [0.4, 0.5) is 13.2 Å². The van der Waals surface area contributed by atoms with Crippen LogP contribution in [0.25, 0.3) is 0 Å². The fourth-order valence-electron chi connectivity index (χ4n) is 0.904. The number of alkyl halides is 3.